The van der Waals surface area contributed by atoms with Gasteiger partial charge in [-0.2, -0.15) is 11.6 Å². The lowest BCUT2D eigenvalue weighted by Crippen LogP contribution is -2.43. The Kier molecular flexibility index (Phi) is 6.03. The van der Waals surface area contributed by atoms with Crippen molar-refractivity contribution in [3.8, 4) is 5.75 Å². The molecule has 130 valence electrons. The number of halogens is 1. The molecule has 0 spiro atoms. The number of methoxy groups -OCH3 is 1. The minimum atomic E-state index is 0.0425. The molecule has 24 heavy (non-hydrogen) atoms. The molecule has 4 nitrogen and oxygen atoms in total. The van der Waals surface area contributed by atoms with E-state index in [0.717, 1.165) is 43.7 Å². The van der Waals surface area contributed by atoms with E-state index in [9.17, 15) is 4.79 Å². The van der Waals surface area contributed by atoms with Gasteiger partial charge in [-0.1, -0.05) is 34.5 Å². The highest BCUT2D eigenvalue weighted by Gasteiger charge is 2.52. The van der Waals surface area contributed by atoms with Crippen LogP contribution in [0.4, 0.5) is 0 Å². The number of rotatable bonds is 7. The molecule has 2 aliphatic rings. The van der Waals surface area contributed by atoms with E-state index in [-0.39, 0.29) is 15.5 Å². The van der Waals surface area contributed by atoms with Gasteiger partial charge in [-0.15, -0.1) is 0 Å². The number of carbonyl (C=O) groups is 1. The molecule has 0 bridgehead atoms. The van der Waals surface area contributed by atoms with E-state index in [4.69, 9.17) is 9.39 Å². The predicted molar refractivity (Wildman–Crippen MR) is 108 cm³/mol. The van der Waals surface area contributed by atoms with Gasteiger partial charge in [-0.05, 0) is 43.4 Å². The molecule has 2 atom stereocenters. The maximum Gasteiger partial charge on any atom is 0.435 e. The molecule has 1 amide bonds. The zero-order valence-electron chi connectivity index (χ0n) is 14.2. The SMILES string of the molecule is COB(I)SCC12CCCN1C(=O)C(Cc1ccc(OC)cc1)C2. The van der Waals surface area contributed by atoms with Crippen LogP contribution in [0.15, 0.2) is 24.3 Å². The molecule has 1 aromatic carbocycles. The summed E-state index contributed by atoms with van der Waals surface area (Å²) in [5, 5.41) is 0. The monoisotopic (exact) mass is 459 g/mol. The third-order valence-electron chi connectivity index (χ3n) is 5.15. The van der Waals surface area contributed by atoms with Gasteiger partial charge in [0, 0.05) is 25.3 Å². The molecule has 2 heterocycles. The first-order valence-corrected chi connectivity index (χ1v) is 10.6. The van der Waals surface area contributed by atoms with Gasteiger partial charge in [-0.25, -0.2) is 0 Å². The standard InChI is InChI=1S/C17H23BINO3S/c1-22-15-6-4-13(5-7-15)10-14-11-17(12-24-18(19)23-2)8-3-9-20(17)16(14)21/h4-7,14H,3,8-12H2,1-2H3. The molecule has 3 rings (SSSR count). The van der Waals surface area contributed by atoms with E-state index >= 15 is 0 Å². The van der Waals surface area contributed by atoms with Gasteiger partial charge in [0.05, 0.1) is 12.6 Å². The molecule has 0 saturated carbocycles. The van der Waals surface area contributed by atoms with Crippen LogP contribution in [0.5, 0.6) is 5.75 Å². The summed E-state index contributed by atoms with van der Waals surface area (Å²) in [5.41, 5.74) is 1.25. The van der Waals surface area contributed by atoms with Crippen LogP contribution in [0.2, 0.25) is 0 Å². The van der Waals surface area contributed by atoms with E-state index in [1.165, 1.54) is 5.56 Å². The Morgan fingerprint density at radius 1 is 1.38 bits per heavy atom. The molecular weight excluding hydrogens is 436 g/mol. The van der Waals surface area contributed by atoms with E-state index in [0.29, 0.717) is 5.91 Å². The van der Waals surface area contributed by atoms with E-state index < -0.39 is 0 Å². The molecule has 2 aliphatic heterocycles. The van der Waals surface area contributed by atoms with Gasteiger partial charge in [-0.3, -0.25) is 4.79 Å². The zero-order chi connectivity index (χ0) is 17.2. The second-order valence-corrected chi connectivity index (χ2v) is 9.62. The largest absolute Gasteiger partial charge is 0.497 e. The average Bonchev–Trinajstić information content (AvgIpc) is 3.12. The van der Waals surface area contributed by atoms with E-state index in [1.54, 1.807) is 14.2 Å². The topological polar surface area (TPSA) is 38.8 Å². The normalized spacial score (nSPS) is 25.9. The predicted octanol–water partition coefficient (Wildman–Crippen LogP) is 3.42. The molecule has 0 N–H and O–H groups in total. The second kappa shape index (κ2) is 7.87. The quantitative estimate of drug-likeness (QED) is 0.463. The van der Waals surface area contributed by atoms with Crippen LogP contribution in [0.1, 0.15) is 24.8 Å². The zero-order valence-corrected chi connectivity index (χ0v) is 17.1. The third-order valence-corrected chi connectivity index (χ3v) is 7.89. The Balaban J connectivity index is 1.68. The average molecular weight is 459 g/mol. The number of ether oxygens (including phenoxy) is 1. The van der Waals surface area contributed by atoms with Crippen LogP contribution in [0.25, 0.3) is 0 Å². The summed E-state index contributed by atoms with van der Waals surface area (Å²) in [4.78, 5) is 15.1. The number of fused-ring (bicyclic) bond motifs is 1. The van der Waals surface area contributed by atoms with Gasteiger partial charge < -0.3 is 14.3 Å². The van der Waals surface area contributed by atoms with Crippen molar-refractivity contribution >= 4 is 43.9 Å². The van der Waals surface area contributed by atoms with Crippen LogP contribution < -0.4 is 4.74 Å². The Bertz CT molecular complexity index is 588. The van der Waals surface area contributed by atoms with Gasteiger partial charge >= 0.3 is 4.05 Å². The van der Waals surface area contributed by atoms with Crippen LogP contribution in [-0.2, 0) is 15.9 Å². The van der Waals surface area contributed by atoms with Crippen LogP contribution in [0.3, 0.4) is 0 Å². The first-order chi connectivity index (χ1) is 11.6. The summed E-state index contributed by atoms with van der Waals surface area (Å²) in [6, 6.07) is 8.09. The van der Waals surface area contributed by atoms with E-state index in [1.807, 2.05) is 23.7 Å². The summed E-state index contributed by atoms with van der Waals surface area (Å²) in [6.07, 6.45) is 4.04. The number of nitrogens with zero attached hydrogens (tertiary/aromatic N) is 1. The van der Waals surface area contributed by atoms with Crippen molar-refractivity contribution in [2.75, 3.05) is 26.5 Å². The molecule has 2 saturated heterocycles. The minimum Gasteiger partial charge on any atom is -0.497 e. The minimum absolute atomic E-state index is 0.0425. The molecule has 1 aromatic rings. The second-order valence-electron chi connectivity index (χ2n) is 6.59. The van der Waals surface area contributed by atoms with Crippen molar-refractivity contribution in [2.45, 2.75) is 31.2 Å². The van der Waals surface area contributed by atoms with Gasteiger partial charge in [0.15, 0.2) is 0 Å². The van der Waals surface area contributed by atoms with Crippen molar-refractivity contribution in [1.29, 1.82) is 0 Å². The summed E-state index contributed by atoms with van der Waals surface area (Å²) in [6.45, 7) is 0.914. The van der Waals surface area contributed by atoms with Crippen LogP contribution in [0, 0.1) is 5.92 Å². The number of carbonyl (C=O) groups excluding carboxylic acids is 1. The fraction of sp³-hybridized carbons (Fsp3) is 0.588. The summed E-state index contributed by atoms with van der Waals surface area (Å²) >= 11 is 4.11. The summed E-state index contributed by atoms with van der Waals surface area (Å²) in [7, 11) is 3.41. The molecule has 0 aliphatic carbocycles. The number of hydrogen-bond acceptors (Lipinski definition) is 4. The van der Waals surface area contributed by atoms with Crippen LogP contribution in [-0.4, -0.2) is 46.9 Å². The van der Waals surface area contributed by atoms with Crippen molar-refractivity contribution < 1.29 is 14.2 Å². The highest BCUT2D eigenvalue weighted by molar-refractivity contribution is 14.1. The van der Waals surface area contributed by atoms with Crippen molar-refractivity contribution in [3.05, 3.63) is 29.8 Å². The van der Waals surface area contributed by atoms with Crippen molar-refractivity contribution in [2.24, 2.45) is 5.92 Å². The van der Waals surface area contributed by atoms with Gasteiger partial charge in [0.1, 0.15) is 5.75 Å². The van der Waals surface area contributed by atoms with Crippen molar-refractivity contribution in [1.82, 2.24) is 4.90 Å². The fourth-order valence-electron chi connectivity index (χ4n) is 3.96. The van der Waals surface area contributed by atoms with Crippen LogP contribution >= 0.6 is 34.0 Å². The molecule has 2 fully saturated rings. The molecule has 0 aromatic heterocycles. The first-order valence-electron chi connectivity index (χ1n) is 8.31. The Labute approximate surface area is 161 Å². The lowest BCUT2D eigenvalue weighted by molar-refractivity contribution is -0.132. The number of amides is 1. The third kappa shape index (κ3) is 3.72. The molecule has 7 heteroatoms. The number of benzene rings is 1. The smallest absolute Gasteiger partial charge is 0.435 e. The lowest BCUT2D eigenvalue weighted by atomic mass is 9.88. The highest BCUT2D eigenvalue weighted by Crippen LogP contribution is 2.45. The molecule has 2 unspecified atom stereocenters. The Hall–Kier alpha value is -0.405. The Morgan fingerprint density at radius 3 is 2.79 bits per heavy atom. The van der Waals surface area contributed by atoms with Crippen molar-refractivity contribution in [3.63, 3.8) is 0 Å². The van der Waals surface area contributed by atoms with Gasteiger partial charge in [0.25, 0.3) is 0 Å². The highest BCUT2D eigenvalue weighted by atomic mass is 127. The lowest BCUT2D eigenvalue weighted by Gasteiger charge is -2.32. The van der Waals surface area contributed by atoms with Gasteiger partial charge in [0.2, 0.25) is 5.91 Å². The summed E-state index contributed by atoms with van der Waals surface area (Å²) < 4.78 is 10.7. The molecule has 0 radical (unpaired) electrons. The first kappa shape index (κ1) is 18.4. The van der Waals surface area contributed by atoms with E-state index in [2.05, 4.69) is 39.4 Å². The summed E-state index contributed by atoms with van der Waals surface area (Å²) in [5.74, 6) is 2.28. The Morgan fingerprint density at radius 2 is 2.12 bits per heavy atom. The maximum atomic E-state index is 12.9. The fourth-order valence-corrected chi connectivity index (χ4v) is 5.50. The molecular formula is C17H23BINO3S. The maximum absolute atomic E-state index is 12.9. The number of hydrogen-bond donors (Lipinski definition) is 0.